The molecule has 78 valence electrons. The molecule has 1 aromatic carbocycles. The van der Waals surface area contributed by atoms with E-state index >= 15 is 0 Å². The molecular formula is C11H17NO2. The Balaban J connectivity index is 2.32. The summed E-state index contributed by atoms with van der Waals surface area (Å²) in [5.74, 6) is 0. The highest BCUT2D eigenvalue weighted by Gasteiger charge is 2.05. The first kappa shape index (κ1) is 11.2. The van der Waals surface area contributed by atoms with Gasteiger partial charge in [-0.2, -0.15) is 0 Å². The number of aliphatic hydroxyl groups is 2. The minimum Gasteiger partial charge on any atom is -0.392 e. The van der Waals surface area contributed by atoms with Crippen LogP contribution in [0.15, 0.2) is 30.3 Å². The van der Waals surface area contributed by atoms with Crippen molar-refractivity contribution in [3.63, 3.8) is 0 Å². The van der Waals surface area contributed by atoms with Gasteiger partial charge >= 0.3 is 0 Å². The maximum absolute atomic E-state index is 9.69. The van der Waals surface area contributed by atoms with Crippen LogP contribution in [0.5, 0.6) is 0 Å². The highest BCUT2D eigenvalue weighted by Crippen LogP contribution is 2.10. The van der Waals surface area contributed by atoms with Crippen LogP contribution in [-0.2, 0) is 0 Å². The van der Waals surface area contributed by atoms with E-state index < -0.39 is 6.10 Å². The van der Waals surface area contributed by atoms with Crippen molar-refractivity contribution in [3.05, 3.63) is 35.9 Å². The van der Waals surface area contributed by atoms with Crippen molar-refractivity contribution in [1.82, 2.24) is 5.32 Å². The van der Waals surface area contributed by atoms with Gasteiger partial charge in [0.1, 0.15) is 0 Å². The topological polar surface area (TPSA) is 52.5 Å². The van der Waals surface area contributed by atoms with Crippen molar-refractivity contribution in [2.75, 3.05) is 13.1 Å². The SMILES string of the molecule is C[C@@H](O)CNCC(O)c1ccccc1. The van der Waals surface area contributed by atoms with Gasteiger partial charge < -0.3 is 15.5 Å². The second-order valence-electron chi connectivity index (χ2n) is 3.43. The van der Waals surface area contributed by atoms with Crippen LogP contribution in [0.4, 0.5) is 0 Å². The van der Waals surface area contributed by atoms with Crippen LogP contribution in [0.2, 0.25) is 0 Å². The molecule has 0 aliphatic rings. The molecule has 1 aromatic rings. The Labute approximate surface area is 84.4 Å². The van der Waals surface area contributed by atoms with Crippen LogP contribution in [0.25, 0.3) is 0 Å². The van der Waals surface area contributed by atoms with Gasteiger partial charge in [0.15, 0.2) is 0 Å². The van der Waals surface area contributed by atoms with Gasteiger partial charge in [0.25, 0.3) is 0 Å². The lowest BCUT2D eigenvalue weighted by atomic mass is 10.1. The van der Waals surface area contributed by atoms with Gasteiger partial charge in [-0.25, -0.2) is 0 Å². The Hall–Kier alpha value is -0.900. The zero-order chi connectivity index (χ0) is 10.4. The van der Waals surface area contributed by atoms with E-state index in [2.05, 4.69) is 5.32 Å². The molecule has 0 heterocycles. The fourth-order valence-electron chi connectivity index (χ4n) is 1.22. The van der Waals surface area contributed by atoms with Crippen LogP contribution >= 0.6 is 0 Å². The Kier molecular flexibility index (Phi) is 4.59. The van der Waals surface area contributed by atoms with E-state index in [9.17, 15) is 5.11 Å². The molecule has 1 rings (SSSR count). The molecule has 2 atom stereocenters. The summed E-state index contributed by atoms with van der Waals surface area (Å²) < 4.78 is 0. The van der Waals surface area contributed by atoms with Gasteiger partial charge in [-0.1, -0.05) is 30.3 Å². The number of benzene rings is 1. The lowest BCUT2D eigenvalue weighted by Gasteiger charge is -2.12. The number of hydrogen-bond acceptors (Lipinski definition) is 3. The predicted molar refractivity (Wildman–Crippen MR) is 56.0 cm³/mol. The van der Waals surface area contributed by atoms with Crippen LogP contribution in [-0.4, -0.2) is 29.4 Å². The summed E-state index contributed by atoms with van der Waals surface area (Å²) in [5.41, 5.74) is 0.894. The summed E-state index contributed by atoms with van der Waals surface area (Å²) in [7, 11) is 0. The molecule has 3 nitrogen and oxygen atoms in total. The van der Waals surface area contributed by atoms with Crippen LogP contribution in [0.1, 0.15) is 18.6 Å². The maximum atomic E-state index is 9.69. The molecule has 0 bridgehead atoms. The fourth-order valence-corrected chi connectivity index (χ4v) is 1.22. The summed E-state index contributed by atoms with van der Waals surface area (Å²) in [6.07, 6.45) is -0.882. The number of rotatable bonds is 5. The first-order valence-electron chi connectivity index (χ1n) is 4.82. The van der Waals surface area contributed by atoms with Crippen molar-refractivity contribution < 1.29 is 10.2 Å². The molecule has 0 aliphatic heterocycles. The summed E-state index contributed by atoms with van der Waals surface area (Å²) in [6.45, 7) is 2.68. The minimum atomic E-state index is -0.505. The van der Waals surface area contributed by atoms with E-state index in [1.54, 1.807) is 6.92 Å². The predicted octanol–water partition coefficient (Wildman–Crippen LogP) is 0.690. The molecule has 0 aliphatic carbocycles. The van der Waals surface area contributed by atoms with Crippen molar-refractivity contribution in [2.45, 2.75) is 19.1 Å². The van der Waals surface area contributed by atoms with Crippen LogP contribution < -0.4 is 5.32 Å². The number of hydrogen-bond donors (Lipinski definition) is 3. The third-order valence-corrected chi connectivity index (χ3v) is 1.96. The van der Waals surface area contributed by atoms with Crippen LogP contribution in [0.3, 0.4) is 0 Å². The fraction of sp³-hybridized carbons (Fsp3) is 0.455. The molecule has 14 heavy (non-hydrogen) atoms. The lowest BCUT2D eigenvalue weighted by Crippen LogP contribution is -2.28. The molecule has 0 saturated carbocycles. The molecule has 0 radical (unpaired) electrons. The van der Waals surface area contributed by atoms with Gasteiger partial charge in [0.05, 0.1) is 12.2 Å². The molecular weight excluding hydrogens is 178 g/mol. The third-order valence-electron chi connectivity index (χ3n) is 1.96. The Morgan fingerprint density at radius 1 is 1.14 bits per heavy atom. The second kappa shape index (κ2) is 5.75. The first-order chi connectivity index (χ1) is 6.70. The molecule has 0 spiro atoms. The van der Waals surface area contributed by atoms with Crippen molar-refractivity contribution in [3.8, 4) is 0 Å². The first-order valence-corrected chi connectivity index (χ1v) is 4.82. The third kappa shape index (κ3) is 3.87. The summed E-state index contributed by atoms with van der Waals surface area (Å²) in [6, 6.07) is 9.48. The molecule has 3 N–H and O–H groups in total. The molecule has 0 saturated heterocycles. The van der Waals surface area contributed by atoms with Crippen molar-refractivity contribution in [2.24, 2.45) is 0 Å². The van der Waals surface area contributed by atoms with Crippen LogP contribution in [0, 0.1) is 0 Å². The van der Waals surface area contributed by atoms with Gasteiger partial charge in [0.2, 0.25) is 0 Å². The van der Waals surface area contributed by atoms with Crippen molar-refractivity contribution in [1.29, 1.82) is 0 Å². The molecule has 3 heteroatoms. The second-order valence-corrected chi connectivity index (χ2v) is 3.43. The average molecular weight is 195 g/mol. The van der Waals surface area contributed by atoms with E-state index in [0.717, 1.165) is 5.56 Å². The Bertz CT molecular complexity index is 249. The molecule has 0 fully saturated rings. The zero-order valence-corrected chi connectivity index (χ0v) is 8.35. The Morgan fingerprint density at radius 3 is 2.36 bits per heavy atom. The van der Waals surface area contributed by atoms with Crippen molar-refractivity contribution >= 4 is 0 Å². The lowest BCUT2D eigenvalue weighted by molar-refractivity contribution is 0.155. The van der Waals surface area contributed by atoms with Gasteiger partial charge in [-0.05, 0) is 12.5 Å². The average Bonchev–Trinajstić information content (AvgIpc) is 2.18. The van der Waals surface area contributed by atoms with E-state index in [0.29, 0.717) is 13.1 Å². The van der Waals surface area contributed by atoms with E-state index in [1.165, 1.54) is 0 Å². The van der Waals surface area contributed by atoms with Gasteiger partial charge in [0, 0.05) is 13.1 Å². The summed E-state index contributed by atoms with van der Waals surface area (Å²) in [4.78, 5) is 0. The van der Waals surface area contributed by atoms with E-state index in [4.69, 9.17) is 5.11 Å². The molecule has 0 amide bonds. The molecule has 1 unspecified atom stereocenters. The smallest absolute Gasteiger partial charge is 0.0914 e. The molecule has 0 aromatic heterocycles. The number of nitrogens with one attached hydrogen (secondary N) is 1. The highest BCUT2D eigenvalue weighted by atomic mass is 16.3. The Morgan fingerprint density at radius 2 is 1.79 bits per heavy atom. The monoisotopic (exact) mass is 195 g/mol. The van der Waals surface area contributed by atoms with E-state index in [-0.39, 0.29) is 6.10 Å². The van der Waals surface area contributed by atoms with Gasteiger partial charge in [-0.3, -0.25) is 0 Å². The normalized spacial score (nSPS) is 15.1. The maximum Gasteiger partial charge on any atom is 0.0914 e. The summed E-state index contributed by atoms with van der Waals surface area (Å²) >= 11 is 0. The highest BCUT2D eigenvalue weighted by molar-refractivity contribution is 5.17. The van der Waals surface area contributed by atoms with E-state index in [1.807, 2.05) is 30.3 Å². The number of aliphatic hydroxyl groups excluding tert-OH is 2. The quantitative estimate of drug-likeness (QED) is 0.648. The summed E-state index contributed by atoms with van der Waals surface area (Å²) in [5, 5.41) is 21.7. The zero-order valence-electron chi connectivity index (χ0n) is 8.35. The standard InChI is InChI=1S/C11H17NO2/c1-9(13)7-12-8-11(14)10-5-3-2-4-6-10/h2-6,9,11-14H,7-8H2,1H3/t9-,11?/m1/s1. The minimum absolute atomic E-state index is 0.377. The largest absolute Gasteiger partial charge is 0.392 e. The van der Waals surface area contributed by atoms with Gasteiger partial charge in [-0.15, -0.1) is 0 Å².